The molecule has 0 bridgehead atoms. The van der Waals surface area contributed by atoms with E-state index in [2.05, 4.69) is 97.5 Å². The van der Waals surface area contributed by atoms with Crippen molar-refractivity contribution >= 4 is 0 Å². The van der Waals surface area contributed by atoms with Crippen LogP contribution in [0.4, 0.5) is 0 Å². The number of hydrogen-bond acceptors (Lipinski definition) is 8. The van der Waals surface area contributed by atoms with E-state index in [0.29, 0.717) is 12.3 Å². The van der Waals surface area contributed by atoms with Crippen LogP contribution in [0.5, 0.6) is 0 Å². The number of aryl methyl sites for hydroxylation is 2. The zero-order valence-corrected chi connectivity index (χ0v) is 35.1. The number of rotatable bonds is 8. The van der Waals surface area contributed by atoms with Crippen molar-refractivity contribution in [3.05, 3.63) is 120 Å². The van der Waals surface area contributed by atoms with E-state index in [1.807, 2.05) is 62.4 Å². The van der Waals surface area contributed by atoms with Crippen molar-refractivity contribution in [2.45, 2.75) is 93.3 Å². The number of benzene rings is 2. The maximum atomic E-state index is 8.56. The summed E-state index contributed by atoms with van der Waals surface area (Å²) in [5.74, 6) is 4.10. The monoisotopic (exact) mass is 1060 g/mol. The zero-order chi connectivity index (χ0) is 35.5. The fraction of sp³-hybridized carbons (Fsp3) is 0.350. The molecule has 2 unspecified atom stereocenters. The number of aromatic nitrogens is 8. The molecule has 2 N–H and O–H groups in total. The predicted octanol–water partition coefficient (Wildman–Crippen LogP) is 8.09. The quantitative estimate of drug-likeness (QED) is 0.147. The van der Waals surface area contributed by atoms with Crippen molar-refractivity contribution in [1.29, 1.82) is 0 Å². The Hall–Kier alpha value is -3.76. The van der Waals surface area contributed by atoms with E-state index in [1.165, 1.54) is 0 Å². The normalized spacial score (nSPS) is 11.5. The smallest absolute Gasteiger partial charge is 0.170 e. The van der Waals surface area contributed by atoms with Crippen LogP contribution in [-0.4, -0.2) is 61.9 Å². The van der Waals surface area contributed by atoms with Gasteiger partial charge in [0.15, 0.2) is 5.82 Å². The molecule has 6 aromatic rings. The Balaban J connectivity index is 0.000000420. The van der Waals surface area contributed by atoms with Gasteiger partial charge in [0.2, 0.25) is 0 Å². The summed E-state index contributed by atoms with van der Waals surface area (Å²) >= 11 is 0. The Kier molecular flexibility index (Phi) is 19.9. The minimum Gasteiger partial charge on any atom is -0.393 e. The molecule has 282 valence electrons. The van der Waals surface area contributed by atoms with Gasteiger partial charge in [-0.2, -0.15) is 5.10 Å². The van der Waals surface area contributed by atoms with Gasteiger partial charge in [-0.15, -0.1) is 27.4 Å². The first kappa shape index (κ1) is 46.3. The van der Waals surface area contributed by atoms with Gasteiger partial charge in [0.25, 0.3) is 0 Å². The SMILES string of the molecule is C.CC(O)CC(C)O.Cc1ncc[c-]c1-c1nnc(C(C)C)n1-c1ccccc1.Cc1ncccc1-c1nnc(C(C)C)n1-c1ccccc1.[Ir].[Ir]. The minimum absolute atomic E-state index is 0. The van der Waals surface area contributed by atoms with Gasteiger partial charge in [0.1, 0.15) is 11.6 Å². The summed E-state index contributed by atoms with van der Waals surface area (Å²) in [5.41, 5.74) is 5.89. The molecule has 2 aromatic carbocycles. The molecule has 6 rings (SSSR count). The van der Waals surface area contributed by atoms with Crippen LogP contribution in [0.15, 0.2) is 91.3 Å². The molecule has 52 heavy (non-hydrogen) atoms. The van der Waals surface area contributed by atoms with Crippen molar-refractivity contribution in [1.82, 2.24) is 39.5 Å². The third-order valence-electron chi connectivity index (χ3n) is 7.52. The fourth-order valence-electron chi connectivity index (χ4n) is 5.22. The molecule has 0 fully saturated rings. The van der Waals surface area contributed by atoms with Crippen LogP contribution in [0.25, 0.3) is 34.2 Å². The Morgan fingerprint density at radius 1 is 0.596 bits per heavy atom. The van der Waals surface area contributed by atoms with Gasteiger partial charge >= 0.3 is 0 Å². The molecule has 0 aliphatic heterocycles. The van der Waals surface area contributed by atoms with Gasteiger partial charge in [0.05, 0.1) is 18.0 Å². The second-order valence-corrected chi connectivity index (χ2v) is 12.5. The molecular formula is C40H51Ir2N8O2-. The third kappa shape index (κ3) is 12.2. The van der Waals surface area contributed by atoms with Gasteiger partial charge in [0, 0.05) is 80.9 Å². The van der Waals surface area contributed by atoms with E-state index in [1.54, 1.807) is 32.3 Å². The second kappa shape index (κ2) is 22.3. The summed E-state index contributed by atoms with van der Waals surface area (Å²) in [6.45, 7) is 15.8. The largest absolute Gasteiger partial charge is 0.393 e. The van der Waals surface area contributed by atoms with E-state index in [-0.39, 0.29) is 65.8 Å². The van der Waals surface area contributed by atoms with Crippen molar-refractivity contribution in [2.24, 2.45) is 0 Å². The van der Waals surface area contributed by atoms with Crippen molar-refractivity contribution in [3.8, 4) is 34.2 Å². The molecular weight excluding hydrogens is 1010 g/mol. The first-order valence-electron chi connectivity index (χ1n) is 16.6. The molecule has 4 heterocycles. The minimum atomic E-state index is -0.375. The first-order chi connectivity index (χ1) is 23.5. The molecule has 0 aliphatic carbocycles. The number of pyridine rings is 2. The predicted molar refractivity (Wildman–Crippen MR) is 200 cm³/mol. The van der Waals surface area contributed by atoms with Gasteiger partial charge < -0.3 is 19.8 Å². The number of para-hydroxylation sites is 2. The second-order valence-electron chi connectivity index (χ2n) is 12.5. The third-order valence-corrected chi connectivity index (χ3v) is 7.52. The van der Waals surface area contributed by atoms with Gasteiger partial charge in [-0.1, -0.05) is 90.2 Å². The van der Waals surface area contributed by atoms with Crippen LogP contribution < -0.4 is 0 Å². The van der Waals surface area contributed by atoms with Crippen LogP contribution in [0, 0.1) is 19.9 Å². The molecule has 0 aliphatic rings. The maximum Gasteiger partial charge on any atom is 0.170 e. The standard InChI is InChI=1S/C17H18N4.C17H17N4.C5H12O2.CH4.2Ir/c2*1-12(2)16-19-20-17(15-10-7-11-18-13(15)3)21(16)14-8-5-4-6-9-14;1-4(6)3-5(2)7;;;/h4-12H,1-3H3;4-9,11-12H,1-3H3;4-7H,3H2,1-2H3;1H4;;/q;-1;;;;. The summed E-state index contributed by atoms with van der Waals surface area (Å²) in [5, 5.41) is 34.7. The summed E-state index contributed by atoms with van der Waals surface area (Å²) in [7, 11) is 0. The molecule has 12 heteroatoms. The summed E-state index contributed by atoms with van der Waals surface area (Å²) in [6, 6.07) is 29.4. The molecule has 10 nitrogen and oxygen atoms in total. The van der Waals surface area contributed by atoms with Crippen molar-refractivity contribution < 1.29 is 50.4 Å². The van der Waals surface area contributed by atoms with E-state index in [9.17, 15) is 0 Å². The Morgan fingerprint density at radius 2 is 1.06 bits per heavy atom. The number of aliphatic hydroxyl groups is 2. The first-order valence-corrected chi connectivity index (χ1v) is 16.6. The van der Waals surface area contributed by atoms with Gasteiger partial charge in [-0.05, 0) is 69.3 Å². The van der Waals surface area contributed by atoms with Crippen molar-refractivity contribution in [3.63, 3.8) is 0 Å². The molecule has 0 saturated heterocycles. The summed E-state index contributed by atoms with van der Waals surface area (Å²) < 4.78 is 4.21. The zero-order valence-electron chi connectivity index (χ0n) is 30.3. The Labute approximate surface area is 335 Å². The van der Waals surface area contributed by atoms with E-state index < -0.39 is 0 Å². The molecule has 4 aromatic heterocycles. The number of aliphatic hydroxyl groups excluding tert-OH is 2. The van der Waals surface area contributed by atoms with E-state index in [0.717, 1.165) is 57.2 Å². The van der Waals surface area contributed by atoms with Crippen LogP contribution in [0.1, 0.15) is 90.3 Å². The molecule has 2 atom stereocenters. The maximum absolute atomic E-state index is 8.56. The van der Waals surface area contributed by atoms with Crippen molar-refractivity contribution in [2.75, 3.05) is 0 Å². The number of hydrogen-bond donors (Lipinski definition) is 2. The Bertz CT molecular complexity index is 1760. The average molecular weight is 1060 g/mol. The fourth-order valence-corrected chi connectivity index (χ4v) is 5.22. The summed E-state index contributed by atoms with van der Waals surface area (Å²) in [6.07, 6.45) is 3.26. The van der Waals surface area contributed by atoms with Crippen LogP contribution in [0.3, 0.4) is 0 Å². The van der Waals surface area contributed by atoms with Crippen LogP contribution in [-0.2, 0) is 40.2 Å². The van der Waals surface area contributed by atoms with Crippen LogP contribution >= 0.6 is 0 Å². The van der Waals surface area contributed by atoms with Gasteiger partial charge in [-0.25, -0.2) is 0 Å². The Morgan fingerprint density at radius 3 is 1.48 bits per heavy atom. The molecule has 2 radical (unpaired) electrons. The van der Waals surface area contributed by atoms with Crippen LogP contribution in [0.2, 0.25) is 0 Å². The van der Waals surface area contributed by atoms with E-state index in [4.69, 9.17) is 10.2 Å². The summed E-state index contributed by atoms with van der Waals surface area (Å²) in [4.78, 5) is 8.70. The average Bonchev–Trinajstić information content (AvgIpc) is 3.72. The van der Waals surface area contributed by atoms with Gasteiger partial charge in [-0.3, -0.25) is 9.55 Å². The number of nitrogens with zero attached hydrogens (tertiary/aromatic N) is 8. The topological polar surface area (TPSA) is 128 Å². The molecule has 0 saturated carbocycles. The molecule has 0 spiro atoms. The molecule has 0 amide bonds. The van der Waals surface area contributed by atoms with E-state index >= 15 is 0 Å².